The van der Waals surface area contributed by atoms with Crippen LogP contribution in [0.4, 0.5) is 0 Å². The van der Waals surface area contributed by atoms with Gasteiger partial charge in [0.2, 0.25) is 0 Å². The number of rotatable bonds is 3. The van der Waals surface area contributed by atoms with Gasteiger partial charge < -0.3 is 10.7 Å². The minimum Gasteiger partial charge on any atom is -0.330 e. The van der Waals surface area contributed by atoms with E-state index >= 15 is 0 Å². The first-order chi connectivity index (χ1) is 9.67. The Morgan fingerprint density at radius 2 is 2.25 bits per heavy atom. The van der Waals surface area contributed by atoms with E-state index in [1.807, 2.05) is 24.3 Å². The summed E-state index contributed by atoms with van der Waals surface area (Å²) in [4.78, 5) is 21.8. The van der Waals surface area contributed by atoms with Crippen molar-refractivity contribution >= 4 is 11.0 Å². The van der Waals surface area contributed by atoms with Crippen LogP contribution >= 0.6 is 0 Å². The zero-order chi connectivity index (χ0) is 14.1. The Labute approximate surface area is 117 Å². The Morgan fingerprint density at radius 3 is 3.00 bits per heavy atom. The van der Waals surface area contributed by atoms with Crippen LogP contribution in [-0.4, -0.2) is 34.0 Å². The van der Waals surface area contributed by atoms with E-state index in [4.69, 9.17) is 5.73 Å². The molecule has 2 atom stereocenters. The first kappa shape index (κ1) is 13.3. The molecule has 1 aromatic heterocycles. The number of benzene rings is 1. The molecule has 3 N–H and O–H groups in total. The van der Waals surface area contributed by atoms with Crippen molar-refractivity contribution in [3.05, 3.63) is 40.3 Å². The summed E-state index contributed by atoms with van der Waals surface area (Å²) in [6, 6.07) is 8.08. The molecule has 1 aromatic carbocycles. The van der Waals surface area contributed by atoms with Crippen LogP contribution in [0.1, 0.15) is 19.0 Å². The molecule has 1 fully saturated rings. The van der Waals surface area contributed by atoms with Crippen molar-refractivity contribution in [1.29, 1.82) is 0 Å². The van der Waals surface area contributed by atoms with Gasteiger partial charge in [-0.05, 0) is 37.9 Å². The topological polar surface area (TPSA) is 75.0 Å². The quantitative estimate of drug-likeness (QED) is 0.877. The molecule has 0 aliphatic carbocycles. The Bertz CT molecular complexity index is 666. The number of fused-ring (bicyclic) bond motifs is 1. The fraction of sp³-hybridized carbons (Fsp3) is 0.467. The minimum atomic E-state index is -0.0906. The molecule has 3 rings (SSSR count). The van der Waals surface area contributed by atoms with Crippen molar-refractivity contribution in [1.82, 2.24) is 14.9 Å². The number of para-hydroxylation sites is 2. The average Bonchev–Trinajstić information content (AvgIpc) is 2.80. The number of likely N-dealkylation sites (tertiary alicyclic amines) is 1. The van der Waals surface area contributed by atoms with E-state index in [0.29, 0.717) is 30.7 Å². The second-order valence-electron chi connectivity index (χ2n) is 5.65. The van der Waals surface area contributed by atoms with E-state index in [-0.39, 0.29) is 5.56 Å². The molecule has 1 saturated heterocycles. The number of hydrogen-bond acceptors (Lipinski definition) is 4. The summed E-state index contributed by atoms with van der Waals surface area (Å²) >= 11 is 0. The van der Waals surface area contributed by atoms with E-state index in [1.165, 1.54) is 0 Å². The van der Waals surface area contributed by atoms with E-state index in [1.54, 1.807) is 0 Å². The van der Waals surface area contributed by atoms with Crippen molar-refractivity contribution in [3.8, 4) is 0 Å². The lowest BCUT2D eigenvalue weighted by Crippen LogP contribution is -2.31. The number of nitrogens with two attached hydrogens (primary N) is 1. The standard InChI is InChI=1S/C15H20N4O/c1-10-6-11(7-16)8-19(10)9-14-15(20)18-13-5-3-2-4-12(13)17-14/h2-5,10-11H,6-9,16H2,1H3,(H,18,20). The van der Waals surface area contributed by atoms with Gasteiger partial charge in [-0.15, -0.1) is 0 Å². The van der Waals surface area contributed by atoms with Crippen LogP contribution in [0, 0.1) is 5.92 Å². The number of hydrogen-bond donors (Lipinski definition) is 2. The van der Waals surface area contributed by atoms with Crippen LogP contribution in [0.15, 0.2) is 29.1 Å². The molecule has 20 heavy (non-hydrogen) atoms. The lowest BCUT2D eigenvalue weighted by atomic mass is 10.1. The van der Waals surface area contributed by atoms with Gasteiger partial charge >= 0.3 is 0 Å². The minimum absolute atomic E-state index is 0.0906. The zero-order valence-corrected chi connectivity index (χ0v) is 11.7. The summed E-state index contributed by atoms with van der Waals surface area (Å²) in [6.07, 6.45) is 1.10. The Hall–Kier alpha value is -1.72. The molecular formula is C15H20N4O. The Morgan fingerprint density at radius 1 is 1.45 bits per heavy atom. The molecule has 5 nitrogen and oxygen atoms in total. The van der Waals surface area contributed by atoms with Gasteiger partial charge in [-0.2, -0.15) is 0 Å². The van der Waals surface area contributed by atoms with E-state index in [0.717, 1.165) is 24.0 Å². The largest absolute Gasteiger partial charge is 0.330 e. The monoisotopic (exact) mass is 272 g/mol. The smallest absolute Gasteiger partial charge is 0.271 e. The molecule has 0 spiro atoms. The fourth-order valence-corrected chi connectivity index (χ4v) is 2.98. The fourth-order valence-electron chi connectivity index (χ4n) is 2.98. The number of nitrogens with one attached hydrogen (secondary N) is 1. The van der Waals surface area contributed by atoms with Crippen molar-refractivity contribution in [2.45, 2.75) is 25.9 Å². The number of H-pyrrole nitrogens is 1. The van der Waals surface area contributed by atoms with Gasteiger partial charge in [0.25, 0.3) is 5.56 Å². The predicted molar refractivity (Wildman–Crippen MR) is 79.4 cm³/mol. The molecule has 2 aromatic rings. The third-order valence-corrected chi connectivity index (χ3v) is 4.15. The SMILES string of the molecule is CC1CC(CN)CN1Cc1nc2ccccc2[nH]c1=O. The average molecular weight is 272 g/mol. The summed E-state index contributed by atoms with van der Waals surface area (Å²) < 4.78 is 0. The highest BCUT2D eigenvalue weighted by Crippen LogP contribution is 2.23. The summed E-state index contributed by atoms with van der Waals surface area (Å²) in [5, 5.41) is 0. The molecule has 2 heterocycles. The van der Waals surface area contributed by atoms with Crippen LogP contribution in [0.25, 0.3) is 11.0 Å². The lowest BCUT2D eigenvalue weighted by molar-refractivity contribution is 0.252. The maximum absolute atomic E-state index is 12.1. The highest BCUT2D eigenvalue weighted by Gasteiger charge is 2.28. The van der Waals surface area contributed by atoms with Crippen molar-refractivity contribution in [3.63, 3.8) is 0 Å². The van der Waals surface area contributed by atoms with Gasteiger partial charge in [0.1, 0.15) is 5.69 Å². The molecular weight excluding hydrogens is 252 g/mol. The predicted octanol–water partition coefficient (Wildman–Crippen LogP) is 1.09. The van der Waals surface area contributed by atoms with Crippen molar-refractivity contribution in [2.75, 3.05) is 13.1 Å². The number of aromatic nitrogens is 2. The van der Waals surface area contributed by atoms with Gasteiger partial charge in [0, 0.05) is 19.1 Å². The molecule has 0 bridgehead atoms. The van der Waals surface area contributed by atoms with Crippen LogP contribution in [0.5, 0.6) is 0 Å². The second-order valence-corrected chi connectivity index (χ2v) is 5.65. The van der Waals surface area contributed by atoms with Crippen molar-refractivity contribution in [2.24, 2.45) is 11.7 Å². The van der Waals surface area contributed by atoms with Gasteiger partial charge in [0.15, 0.2) is 0 Å². The normalized spacial score (nSPS) is 23.5. The van der Waals surface area contributed by atoms with Gasteiger partial charge in [0.05, 0.1) is 11.0 Å². The summed E-state index contributed by atoms with van der Waals surface area (Å²) in [5.41, 5.74) is 7.87. The van der Waals surface area contributed by atoms with E-state index in [9.17, 15) is 4.79 Å². The zero-order valence-electron chi connectivity index (χ0n) is 11.7. The number of nitrogens with zero attached hydrogens (tertiary/aromatic N) is 2. The Balaban J connectivity index is 1.87. The molecule has 2 unspecified atom stereocenters. The van der Waals surface area contributed by atoms with Crippen LogP contribution in [0.3, 0.4) is 0 Å². The van der Waals surface area contributed by atoms with Crippen LogP contribution in [0.2, 0.25) is 0 Å². The van der Waals surface area contributed by atoms with Gasteiger partial charge in [-0.3, -0.25) is 9.69 Å². The third kappa shape index (κ3) is 2.46. The molecule has 0 saturated carbocycles. The highest BCUT2D eigenvalue weighted by atomic mass is 16.1. The maximum atomic E-state index is 12.1. The third-order valence-electron chi connectivity index (χ3n) is 4.15. The Kier molecular flexibility index (Phi) is 3.54. The van der Waals surface area contributed by atoms with E-state index < -0.39 is 0 Å². The molecule has 5 heteroatoms. The van der Waals surface area contributed by atoms with Crippen LogP contribution < -0.4 is 11.3 Å². The molecule has 1 aliphatic rings. The van der Waals surface area contributed by atoms with E-state index in [2.05, 4.69) is 21.8 Å². The summed E-state index contributed by atoms with van der Waals surface area (Å²) in [7, 11) is 0. The summed E-state index contributed by atoms with van der Waals surface area (Å²) in [6.45, 7) is 4.44. The van der Waals surface area contributed by atoms with Crippen LogP contribution in [-0.2, 0) is 6.54 Å². The lowest BCUT2D eigenvalue weighted by Gasteiger charge is -2.20. The second kappa shape index (κ2) is 5.34. The maximum Gasteiger partial charge on any atom is 0.271 e. The van der Waals surface area contributed by atoms with Gasteiger partial charge in [-0.25, -0.2) is 4.98 Å². The molecule has 106 valence electrons. The first-order valence-corrected chi connectivity index (χ1v) is 7.09. The molecule has 0 amide bonds. The highest BCUT2D eigenvalue weighted by molar-refractivity contribution is 5.73. The first-order valence-electron chi connectivity index (χ1n) is 7.09. The number of aromatic amines is 1. The molecule has 0 radical (unpaired) electrons. The summed E-state index contributed by atoms with van der Waals surface area (Å²) in [5.74, 6) is 0.532. The molecule has 1 aliphatic heterocycles. The van der Waals surface area contributed by atoms with Crippen molar-refractivity contribution < 1.29 is 0 Å². The van der Waals surface area contributed by atoms with Gasteiger partial charge in [-0.1, -0.05) is 12.1 Å².